The van der Waals surface area contributed by atoms with E-state index in [1.54, 1.807) is 89.7 Å². The highest BCUT2D eigenvalue weighted by atomic mass is 16.5. The van der Waals surface area contributed by atoms with Crippen molar-refractivity contribution in [3.05, 3.63) is 131 Å². The Balaban J connectivity index is 0.816. The fourth-order valence-corrected chi connectivity index (χ4v) is 8.27. The average Bonchev–Trinajstić information content (AvgIpc) is 4.30. The first kappa shape index (κ1) is 58.1. The zero-order valence-electron chi connectivity index (χ0n) is 45.6. The quantitative estimate of drug-likeness (QED) is 0.0329. The molecule has 0 fully saturated rings. The lowest BCUT2D eigenvalue weighted by molar-refractivity contribution is -0.143. The van der Waals surface area contributed by atoms with Gasteiger partial charge in [-0.05, 0) is 48.7 Å². The van der Waals surface area contributed by atoms with E-state index in [2.05, 4.69) is 57.8 Å². The lowest BCUT2D eigenvalue weighted by atomic mass is 10.1. The molecule has 0 atom stereocenters. The summed E-state index contributed by atoms with van der Waals surface area (Å²) in [4.78, 5) is 136. The summed E-state index contributed by atoms with van der Waals surface area (Å²) in [5.41, 5.74) is 3.78. The summed E-state index contributed by atoms with van der Waals surface area (Å²) in [7, 11) is 9.60. The molecule has 6 heterocycles. The number of hydrogen-bond acceptors (Lipinski definition) is 13. The summed E-state index contributed by atoms with van der Waals surface area (Å²) in [6, 6.07) is 13.0. The van der Waals surface area contributed by atoms with Crippen LogP contribution in [0.25, 0.3) is 0 Å². The normalized spacial score (nSPS) is 10.8. The van der Waals surface area contributed by atoms with Crippen LogP contribution in [0.15, 0.2) is 85.7 Å². The monoisotopic (exact) mass is 1110 g/mol. The number of nitrogens with one attached hydrogen (secondary N) is 9. The molecule has 0 aliphatic rings. The topological polar surface area (TPSA) is 344 Å². The first-order valence-corrected chi connectivity index (χ1v) is 25.2. The zero-order chi connectivity index (χ0) is 58.7. The molecular formula is C53H61N17O11. The number of amides is 9. The Hall–Kier alpha value is -10.5. The number of aromatic nitrogens is 8. The van der Waals surface area contributed by atoms with E-state index in [9.17, 15) is 47.9 Å². The van der Waals surface area contributed by atoms with Gasteiger partial charge < -0.3 is 80.0 Å². The van der Waals surface area contributed by atoms with Crippen LogP contribution in [0.2, 0.25) is 0 Å². The Labute approximate surface area is 463 Å². The summed E-state index contributed by atoms with van der Waals surface area (Å²) in [5, 5.41) is 24.0. The summed E-state index contributed by atoms with van der Waals surface area (Å²) >= 11 is 0. The van der Waals surface area contributed by atoms with Crippen molar-refractivity contribution in [2.75, 3.05) is 51.5 Å². The second-order valence-corrected chi connectivity index (χ2v) is 18.7. The minimum absolute atomic E-state index is 0.0104. The number of rotatable bonds is 23. The molecule has 1 aromatic carbocycles. The van der Waals surface area contributed by atoms with Crippen LogP contribution in [0.4, 0.5) is 34.4 Å². The van der Waals surface area contributed by atoms with Crippen molar-refractivity contribution in [1.29, 1.82) is 0 Å². The fourth-order valence-electron chi connectivity index (χ4n) is 8.27. The molecule has 0 unspecified atom stereocenters. The number of hydrogen-bond donors (Lipinski definition) is 9. The van der Waals surface area contributed by atoms with Crippen LogP contribution in [-0.4, -0.2) is 116 Å². The molecule has 9 amide bonds. The Morgan fingerprint density at radius 2 is 0.901 bits per heavy atom. The molecule has 28 heteroatoms. The van der Waals surface area contributed by atoms with Gasteiger partial charge in [-0.2, -0.15) is 0 Å². The predicted molar refractivity (Wildman–Crippen MR) is 295 cm³/mol. The summed E-state index contributed by atoms with van der Waals surface area (Å²) in [6.45, 7) is 3.41. The van der Waals surface area contributed by atoms with E-state index in [0.717, 1.165) is 5.56 Å². The molecule has 7 aromatic rings. The number of ether oxygens (including phenoxy) is 1. The maximum atomic E-state index is 13.3. The smallest absolute Gasteiger partial charge is 0.325 e. The molecule has 0 saturated heterocycles. The summed E-state index contributed by atoms with van der Waals surface area (Å²) in [5.74, 6) is -4.92. The van der Waals surface area contributed by atoms with Crippen LogP contribution in [0, 0.1) is 0 Å². The zero-order valence-corrected chi connectivity index (χ0v) is 45.6. The van der Waals surface area contributed by atoms with Gasteiger partial charge in [0.05, 0.1) is 29.2 Å². The van der Waals surface area contributed by atoms with E-state index in [1.165, 1.54) is 72.6 Å². The molecular weight excluding hydrogens is 1050 g/mol. The first-order valence-electron chi connectivity index (χ1n) is 25.2. The van der Waals surface area contributed by atoms with Crippen molar-refractivity contribution in [2.45, 2.75) is 39.7 Å². The van der Waals surface area contributed by atoms with Crippen LogP contribution in [0.1, 0.15) is 101 Å². The van der Waals surface area contributed by atoms with Crippen LogP contribution in [0.5, 0.6) is 0 Å². The van der Waals surface area contributed by atoms with E-state index >= 15 is 0 Å². The maximum absolute atomic E-state index is 13.3. The van der Waals surface area contributed by atoms with Crippen molar-refractivity contribution in [3.8, 4) is 0 Å². The number of nitrogens with zero attached hydrogens (tertiary/aromatic N) is 8. The fraction of sp³-hybridized carbons (Fsp3) is 0.283. The molecule has 0 aliphatic carbocycles. The molecule has 0 aliphatic heterocycles. The van der Waals surface area contributed by atoms with Crippen molar-refractivity contribution >= 4 is 93.5 Å². The number of carbonyl (C=O) groups is 10. The lowest BCUT2D eigenvalue weighted by Crippen LogP contribution is -2.31. The van der Waals surface area contributed by atoms with Crippen molar-refractivity contribution < 1.29 is 52.7 Å². The molecule has 0 spiro atoms. The number of esters is 1. The number of imidazole rings is 2. The molecule has 81 heavy (non-hydrogen) atoms. The number of carbonyl (C=O) groups excluding carboxylic acids is 10. The first-order chi connectivity index (χ1) is 38.5. The van der Waals surface area contributed by atoms with Gasteiger partial charge in [-0.15, -0.1) is 0 Å². The van der Waals surface area contributed by atoms with Crippen LogP contribution in [-0.2, 0) is 79.2 Å². The molecule has 0 radical (unpaired) electrons. The summed E-state index contributed by atoms with van der Waals surface area (Å²) in [6.07, 6.45) is 9.54. The maximum Gasteiger partial charge on any atom is 0.325 e. The Morgan fingerprint density at radius 3 is 1.40 bits per heavy atom. The molecule has 7 rings (SSSR count). The number of aryl methyl sites for hydroxylation is 6. The van der Waals surface area contributed by atoms with Gasteiger partial charge in [0.2, 0.25) is 29.4 Å². The SMILES string of the molecule is CCNC(=O)Cc1ccc(COC(=O)CNC(=O)c2cc(NC(=O)c3nc(NC(=O)c4nc(NC(=O)CCCNC(=O)c5cc(NC(=O)c6cc(NC(=O)c7cc(NC(C)=O)cn7C)cn6C)cn5C)cn4C)cn3C)cn2C)cc1. The largest absolute Gasteiger partial charge is 0.460 e. The second kappa shape index (κ2) is 25.7. The highest BCUT2D eigenvalue weighted by molar-refractivity contribution is 6.08. The second-order valence-electron chi connectivity index (χ2n) is 18.7. The molecule has 9 N–H and O–H groups in total. The van der Waals surface area contributed by atoms with Gasteiger partial charge in [-0.1, -0.05) is 24.3 Å². The van der Waals surface area contributed by atoms with E-state index in [4.69, 9.17) is 4.74 Å². The molecule has 6 aromatic heterocycles. The van der Waals surface area contributed by atoms with Gasteiger partial charge in [0.25, 0.3) is 35.4 Å². The molecule has 424 valence electrons. The van der Waals surface area contributed by atoms with E-state index < -0.39 is 53.9 Å². The predicted octanol–water partition coefficient (Wildman–Crippen LogP) is 2.78. The van der Waals surface area contributed by atoms with Crippen molar-refractivity contribution in [1.82, 2.24) is 53.3 Å². The van der Waals surface area contributed by atoms with Gasteiger partial charge in [-0.25, -0.2) is 9.97 Å². The van der Waals surface area contributed by atoms with E-state index in [0.29, 0.717) is 29.2 Å². The highest BCUT2D eigenvalue weighted by Gasteiger charge is 2.23. The standard InChI is InChI=1S/C53H61N17O11/c1-9-54-44(73)17-31-12-14-32(15-13-31)29-81-45(74)22-56-49(76)38-20-36(26-66(38)4)60-52(79)46-63-42(28-70(46)8)64-53(80)47-62-41(27-69(47)7)61-43(72)11-10-16-55-48(75)37-19-34(24-65(37)3)58-51(78)40-21-35(25-68(40)6)59-50(77)39-18-33(23-67(39)5)57-30(2)71/h12-15,18-21,23-28H,9-11,16-17,22,29H2,1-8H3,(H,54,73)(H,55,75)(H,56,76)(H,57,71)(H,58,78)(H,59,77)(H,60,79)(H,61,72)(H,64,80). The van der Waals surface area contributed by atoms with Crippen LogP contribution < -0.4 is 47.9 Å². The third-order valence-corrected chi connectivity index (χ3v) is 12.1. The average molecular weight is 1110 g/mol. The summed E-state index contributed by atoms with van der Waals surface area (Å²) < 4.78 is 14.1. The molecule has 0 bridgehead atoms. The number of likely N-dealkylation sites (N-methyl/N-ethyl adjacent to an activating group) is 1. The Morgan fingerprint density at radius 1 is 0.469 bits per heavy atom. The van der Waals surface area contributed by atoms with Crippen LogP contribution >= 0.6 is 0 Å². The van der Waals surface area contributed by atoms with E-state index in [-0.39, 0.29) is 96.0 Å². The lowest BCUT2D eigenvalue weighted by Gasteiger charge is -2.08. The third-order valence-electron chi connectivity index (χ3n) is 12.1. The molecule has 0 saturated carbocycles. The molecule has 28 nitrogen and oxygen atoms in total. The van der Waals surface area contributed by atoms with Gasteiger partial charge in [-0.3, -0.25) is 47.9 Å². The Bertz CT molecular complexity index is 3570. The van der Waals surface area contributed by atoms with Gasteiger partial charge >= 0.3 is 5.97 Å². The van der Waals surface area contributed by atoms with Gasteiger partial charge in [0.1, 0.15) is 35.9 Å². The third kappa shape index (κ3) is 15.4. The minimum Gasteiger partial charge on any atom is -0.460 e. The van der Waals surface area contributed by atoms with Gasteiger partial charge in [0.15, 0.2) is 11.6 Å². The number of benzene rings is 1. The van der Waals surface area contributed by atoms with Crippen molar-refractivity contribution in [2.24, 2.45) is 42.3 Å². The van der Waals surface area contributed by atoms with Gasteiger partial charge in [0, 0.05) is 106 Å². The minimum atomic E-state index is -0.695. The van der Waals surface area contributed by atoms with Crippen LogP contribution in [0.3, 0.4) is 0 Å². The van der Waals surface area contributed by atoms with Crippen molar-refractivity contribution in [3.63, 3.8) is 0 Å². The number of anilines is 6. The van der Waals surface area contributed by atoms with E-state index in [1.807, 2.05) is 6.92 Å². The Kier molecular flexibility index (Phi) is 18.5. The highest BCUT2D eigenvalue weighted by Crippen LogP contribution is 2.21.